The van der Waals surface area contributed by atoms with Gasteiger partial charge in [-0.1, -0.05) is 57.4 Å². The number of thiophene rings is 1. The van der Waals surface area contributed by atoms with E-state index in [1.165, 1.54) is 11.3 Å². The second-order valence-electron chi connectivity index (χ2n) is 8.49. The lowest BCUT2D eigenvalue weighted by Crippen LogP contribution is -2.46. The molecule has 1 aromatic heterocycles. The summed E-state index contributed by atoms with van der Waals surface area (Å²) in [7, 11) is 0. The molecule has 0 saturated carbocycles. The van der Waals surface area contributed by atoms with Gasteiger partial charge in [-0.05, 0) is 48.9 Å². The minimum atomic E-state index is -0.412. The van der Waals surface area contributed by atoms with Gasteiger partial charge in [0.2, 0.25) is 5.91 Å². The molecule has 0 bridgehead atoms. The monoisotopic (exact) mass is 457 g/mol. The molecule has 1 aromatic carbocycles. The van der Waals surface area contributed by atoms with Crippen molar-refractivity contribution in [2.45, 2.75) is 77.4 Å². The van der Waals surface area contributed by atoms with Gasteiger partial charge in [-0.15, -0.1) is 11.3 Å². The largest absolute Gasteiger partial charge is 0.462 e. The van der Waals surface area contributed by atoms with Crippen molar-refractivity contribution in [3.63, 3.8) is 0 Å². The van der Waals surface area contributed by atoms with Crippen molar-refractivity contribution in [2.75, 3.05) is 13.2 Å². The quantitative estimate of drug-likeness (QED) is 0.233. The first-order valence-corrected chi connectivity index (χ1v) is 12.7. The molecule has 174 valence electrons. The summed E-state index contributed by atoms with van der Waals surface area (Å²) in [4.78, 5) is 27.9. The van der Waals surface area contributed by atoms with E-state index in [0.717, 1.165) is 60.9 Å². The third-order valence-corrected chi connectivity index (χ3v) is 7.10. The number of hydrogen-bond donors (Lipinski definition) is 1. The average Bonchev–Trinajstić information content (AvgIpc) is 3.28. The minimum Gasteiger partial charge on any atom is -0.462 e. The van der Waals surface area contributed by atoms with Gasteiger partial charge in [-0.2, -0.15) is 0 Å². The number of nitrogens with zero attached hydrogens (tertiary/aromatic N) is 1. The Morgan fingerprint density at radius 2 is 1.91 bits per heavy atom. The van der Waals surface area contributed by atoms with Crippen LogP contribution in [0, 0.1) is 0 Å². The number of amides is 1. The Kier molecular flexibility index (Phi) is 9.30. The second kappa shape index (κ2) is 12.2. The van der Waals surface area contributed by atoms with E-state index < -0.39 is 6.10 Å². The fraction of sp³-hybridized carbons (Fsp3) is 0.538. The fourth-order valence-electron chi connectivity index (χ4n) is 4.04. The van der Waals surface area contributed by atoms with Crippen LogP contribution in [0.4, 0.5) is 0 Å². The molecule has 2 heterocycles. The van der Waals surface area contributed by atoms with E-state index in [1.807, 2.05) is 36.1 Å². The molecule has 1 aliphatic rings. The van der Waals surface area contributed by atoms with Crippen LogP contribution < -0.4 is 0 Å². The molecule has 1 amide bonds. The number of unbranched alkanes of at least 4 members (excludes halogenated alkanes) is 2. The van der Waals surface area contributed by atoms with Crippen molar-refractivity contribution in [2.24, 2.45) is 0 Å². The molecule has 0 spiro atoms. The highest BCUT2D eigenvalue weighted by molar-refractivity contribution is 7.13. The Hall–Kier alpha value is -2.18. The van der Waals surface area contributed by atoms with E-state index >= 15 is 0 Å². The number of aryl methyl sites for hydroxylation is 1. The summed E-state index contributed by atoms with van der Waals surface area (Å²) in [6, 6.07) is 12.0. The maximum atomic E-state index is 12.2. The maximum Gasteiger partial charge on any atom is 0.348 e. The molecule has 1 unspecified atom stereocenters. The number of aliphatic hydroxyl groups is 1. The lowest BCUT2D eigenvalue weighted by molar-refractivity contribution is -0.146. The van der Waals surface area contributed by atoms with Crippen LogP contribution in [0.5, 0.6) is 0 Å². The average molecular weight is 458 g/mol. The van der Waals surface area contributed by atoms with Crippen molar-refractivity contribution in [1.29, 1.82) is 0 Å². The van der Waals surface area contributed by atoms with Gasteiger partial charge in [-0.25, -0.2) is 4.79 Å². The predicted octanol–water partition coefficient (Wildman–Crippen LogP) is 5.83. The van der Waals surface area contributed by atoms with Crippen LogP contribution in [0.1, 0.15) is 96.6 Å². The molecule has 0 radical (unpaired) electrons. The number of aliphatic hydroxyl groups excluding tert-OH is 1. The molecule has 2 aromatic rings. The van der Waals surface area contributed by atoms with Gasteiger partial charge >= 0.3 is 5.97 Å². The zero-order chi connectivity index (χ0) is 22.9. The normalized spacial score (nSPS) is 16.7. The molecular weight excluding hydrogens is 422 g/mol. The number of carbonyl (C=O) groups is 2. The lowest BCUT2D eigenvalue weighted by atomic mass is 9.92. The Bertz CT molecular complexity index is 876. The van der Waals surface area contributed by atoms with Crippen LogP contribution in [0.25, 0.3) is 0 Å². The molecular formula is C26H35NO4S. The summed E-state index contributed by atoms with van der Waals surface area (Å²) >= 11 is 1.48. The highest BCUT2D eigenvalue weighted by atomic mass is 32.1. The van der Waals surface area contributed by atoms with Gasteiger partial charge in [0.1, 0.15) is 4.88 Å². The first-order valence-electron chi connectivity index (χ1n) is 11.9. The van der Waals surface area contributed by atoms with Crippen LogP contribution >= 0.6 is 11.3 Å². The standard InChI is InChI=1S/C26H35NO4S/c1-3-5-6-9-23(28)20-12-10-19(11-13-20)22-18-25(29)27(22)16-7-8-21-14-15-24(32-21)26(30)31-17-4-2/h10-15,22-23,28H,3-9,16-18H2,1-2H3/t22-,23?/m1/s1. The molecule has 1 fully saturated rings. The van der Waals surface area contributed by atoms with Crippen molar-refractivity contribution < 1.29 is 19.4 Å². The van der Waals surface area contributed by atoms with E-state index in [4.69, 9.17) is 4.74 Å². The number of rotatable bonds is 13. The van der Waals surface area contributed by atoms with Crippen LogP contribution in [-0.4, -0.2) is 35.0 Å². The topological polar surface area (TPSA) is 66.8 Å². The zero-order valence-electron chi connectivity index (χ0n) is 19.2. The van der Waals surface area contributed by atoms with Crippen LogP contribution in [0.2, 0.25) is 0 Å². The Labute approximate surface area is 195 Å². The van der Waals surface area contributed by atoms with Crippen molar-refractivity contribution in [3.05, 3.63) is 57.3 Å². The van der Waals surface area contributed by atoms with Crippen molar-refractivity contribution in [1.82, 2.24) is 4.90 Å². The summed E-state index contributed by atoms with van der Waals surface area (Å²) in [5, 5.41) is 10.4. The van der Waals surface area contributed by atoms with E-state index in [9.17, 15) is 14.7 Å². The number of esters is 1. The third kappa shape index (κ3) is 6.42. The van der Waals surface area contributed by atoms with Crippen LogP contribution in [0.15, 0.2) is 36.4 Å². The summed E-state index contributed by atoms with van der Waals surface area (Å²) in [5.74, 6) is -0.0614. The maximum absolute atomic E-state index is 12.2. The molecule has 2 atom stereocenters. The number of hydrogen-bond acceptors (Lipinski definition) is 5. The lowest BCUT2D eigenvalue weighted by Gasteiger charge is -2.41. The van der Waals surface area contributed by atoms with Gasteiger partial charge in [0.15, 0.2) is 0 Å². The van der Waals surface area contributed by atoms with E-state index in [2.05, 4.69) is 19.1 Å². The number of likely N-dealkylation sites (tertiary alicyclic amines) is 1. The fourth-order valence-corrected chi connectivity index (χ4v) is 4.98. The van der Waals surface area contributed by atoms with Crippen LogP contribution in [-0.2, 0) is 16.0 Å². The van der Waals surface area contributed by atoms with Gasteiger partial charge in [-0.3, -0.25) is 4.79 Å². The molecule has 1 N–H and O–H groups in total. The molecule has 5 nitrogen and oxygen atoms in total. The number of benzene rings is 1. The molecule has 32 heavy (non-hydrogen) atoms. The van der Waals surface area contributed by atoms with E-state index in [1.54, 1.807) is 0 Å². The first kappa shape index (κ1) is 24.5. The first-order chi connectivity index (χ1) is 15.5. The van der Waals surface area contributed by atoms with E-state index in [0.29, 0.717) is 24.4 Å². The summed E-state index contributed by atoms with van der Waals surface area (Å²) in [5.41, 5.74) is 2.08. The number of β-lactam (4-membered cyclic amide) rings is 1. The van der Waals surface area contributed by atoms with Crippen molar-refractivity contribution >= 4 is 23.2 Å². The molecule has 3 rings (SSSR count). The minimum absolute atomic E-state index is 0.122. The Morgan fingerprint density at radius 1 is 1.12 bits per heavy atom. The highest BCUT2D eigenvalue weighted by Gasteiger charge is 2.36. The summed E-state index contributed by atoms with van der Waals surface area (Å²) in [6.07, 6.45) is 6.77. The van der Waals surface area contributed by atoms with Crippen LogP contribution in [0.3, 0.4) is 0 Å². The number of ether oxygens (including phenoxy) is 1. The molecule has 1 saturated heterocycles. The van der Waals surface area contributed by atoms with E-state index in [-0.39, 0.29) is 17.9 Å². The Morgan fingerprint density at radius 3 is 2.59 bits per heavy atom. The van der Waals surface area contributed by atoms with Crippen molar-refractivity contribution in [3.8, 4) is 0 Å². The summed E-state index contributed by atoms with van der Waals surface area (Å²) in [6.45, 7) is 5.29. The molecule has 1 aliphatic heterocycles. The van der Waals surface area contributed by atoms with Gasteiger partial charge in [0.05, 0.1) is 25.2 Å². The smallest absolute Gasteiger partial charge is 0.348 e. The molecule has 6 heteroatoms. The second-order valence-corrected chi connectivity index (χ2v) is 9.66. The number of carbonyl (C=O) groups excluding carboxylic acids is 2. The molecule has 0 aliphatic carbocycles. The highest BCUT2D eigenvalue weighted by Crippen LogP contribution is 2.35. The van der Waals surface area contributed by atoms with Gasteiger partial charge in [0.25, 0.3) is 0 Å². The van der Waals surface area contributed by atoms with Gasteiger partial charge < -0.3 is 14.7 Å². The predicted molar refractivity (Wildman–Crippen MR) is 128 cm³/mol. The summed E-state index contributed by atoms with van der Waals surface area (Å²) < 4.78 is 5.19. The van der Waals surface area contributed by atoms with Gasteiger partial charge in [0, 0.05) is 11.4 Å². The Balaban J connectivity index is 1.48. The third-order valence-electron chi connectivity index (χ3n) is 5.97. The zero-order valence-corrected chi connectivity index (χ0v) is 20.0. The SMILES string of the molecule is CCCCCC(O)c1ccc([C@H]2CC(=O)N2CCCc2ccc(C(=O)OCCC)s2)cc1.